The van der Waals surface area contributed by atoms with Crippen LogP contribution in [-0.2, 0) is 22.4 Å². The Kier molecular flexibility index (Phi) is 7.97. The molecule has 4 rings (SSSR count). The molecule has 6 nitrogen and oxygen atoms in total. The van der Waals surface area contributed by atoms with Crippen molar-refractivity contribution in [2.24, 2.45) is 5.73 Å². The zero-order chi connectivity index (χ0) is 24.1. The van der Waals surface area contributed by atoms with E-state index in [1.807, 2.05) is 42.5 Å². The van der Waals surface area contributed by atoms with Crippen LogP contribution in [0.15, 0.2) is 47.4 Å². The number of nitrogens with zero attached hydrogens (tertiary/aromatic N) is 1. The second kappa shape index (κ2) is 11.1. The normalized spacial score (nSPS) is 16.9. The molecule has 9 heteroatoms. The van der Waals surface area contributed by atoms with Crippen molar-refractivity contribution in [1.29, 1.82) is 0 Å². The lowest BCUT2D eigenvalue weighted by Crippen LogP contribution is -2.29. The number of aryl methyl sites for hydroxylation is 1. The summed E-state index contributed by atoms with van der Waals surface area (Å²) in [5.41, 5.74) is 8.09. The zero-order valence-corrected chi connectivity index (χ0v) is 21.0. The summed E-state index contributed by atoms with van der Waals surface area (Å²) in [6, 6.07) is 9.83. The summed E-state index contributed by atoms with van der Waals surface area (Å²) in [6.07, 6.45) is 10.1. The van der Waals surface area contributed by atoms with E-state index in [1.54, 1.807) is 6.08 Å². The number of primary amides is 1. The number of amides is 3. The van der Waals surface area contributed by atoms with E-state index in [4.69, 9.17) is 18.0 Å². The number of fused-ring (bicyclic) bond motifs is 1. The third-order valence-electron chi connectivity index (χ3n) is 5.67. The molecule has 1 aliphatic carbocycles. The Morgan fingerprint density at radius 3 is 2.71 bits per heavy atom. The molecule has 0 unspecified atom stereocenters. The van der Waals surface area contributed by atoms with Crippen molar-refractivity contribution in [2.75, 3.05) is 11.9 Å². The average molecular weight is 512 g/mol. The van der Waals surface area contributed by atoms with Gasteiger partial charge in [-0.1, -0.05) is 66.5 Å². The highest BCUT2D eigenvalue weighted by Gasteiger charge is 2.31. The highest BCUT2D eigenvalue weighted by Crippen LogP contribution is 2.38. The van der Waals surface area contributed by atoms with Crippen molar-refractivity contribution in [3.63, 3.8) is 0 Å². The van der Waals surface area contributed by atoms with Gasteiger partial charge in [-0.2, -0.15) is 0 Å². The predicted molar refractivity (Wildman–Crippen MR) is 143 cm³/mol. The monoisotopic (exact) mass is 511 g/mol. The number of thiophene rings is 1. The first-order valence-electron chi connectivity index (χ1n) is 11.2. The minimum Gasteiger partial charge on any atom is -0.365 e. The number of nitrogens with two attached hydrogens (primary N) is 1. The molecule has 1 fully saturated rings. The van der Waals surface area contributed by atoms with E-state index in [0.717, 1.165) is 41.7 Å². The van der Waals surface area contributed by atoms with Crippen LogP contribution in [-0.4, -0.2) is 33.5 Å². The number of carbonyl (C=O) groups excluding carboxylic acids is 3. The lowest BCUT2D eigenvalue weighted by atomic mass is 9.95. The first-order chi connectivity index (χ1) is 16.4. The molecule has 176 valence electrons. The highest BCUT2D eigenvalue weighted by molar-refractivity contribution is 8.26. The molecular formula is C25H25N3O3S3. The van der Waals surface area contributed by atoms with E-state index in [-0.39, 0.29) is 18.2 Å². The SMILES string of the molecule is NC(=O)c1c(NC(=O)CCCN2C(=O)C(=CC=Cc3ccccc3)SC2=S)sc2c1CCCC2. The lowest BCUT2D eigenvalue weighted by Gasteiger charge is -2.14. The molecule has 0 radical (unpaired) electrons. The minimum absolute atomic E-state index is 0.143. The predicted octanol–water partition coefficient (Wildman–Crippen LogP) is 4.90. The van der Waals surface area contributed by atoms with E-state index in [1.165, 1.54) is 28.0 Å². The van der Waals surface area contributed by atoms with E-state index in [9.17, 15) is 14.4 Å². The van der Waals surface area contributed by atoms with Crippen molar-refractivity contribution in [2.45, 2.75) is 38.5 Å². The van der Waals surface area contributed by atoms with Gasteiger partial charge in [0, 0.05) is 17.8 Å². The topological polar surface area (TPSA) is 92.5 Å². The Morgan fingerprint density at radius 2 is 1.94 bits per heavy atom. The zero-order valence-electron chi connectivity index (χ0n) is 18.5. The molecule has 1 saturated heterocycles. The van der Waals surface area contributed by atoms with Crippen LogP contribution in [0.3, 0.4) is 0 Å². The summed E-state index contributed by atoms with van der Waals surface area (Å²) in [6.45, 7) is 0.363. The van der Waals surface area contributed by atoms with Crippen LogP contribution in [0.1, 0.15) is 52.0 Å². The van der Waals surface area contributed by atoms with Crippen molar-refractivity contribution in [1.82, 2.24) is 4.90 Å². The Balaban J connectivity index is 1.31. The molecule has 0 atom stereocenters. The lowest BCUT2D eigenvalue weighted by molar-refractivity contribution is -0.122. The van der Waals surface area contributed by atoms with Crippen molar-refractivity contribution in [3.8, 4) is 0 Å². The van der Waals surface area contributed by atoms with E-state index in [2.05, 4.69) is 5.32 Å². The summed E-state index contributed by atoms with van der Waals surface area (Å²) in [5.74, 6) is -0.844. The molecule has 0 saturated carbocycles. The van der Waals surface area contributed by atoms with Gasteiger partial charge in [0.1, 0.15) is 9.32 Å². The Bertz CT molecular complexity index is 1180. The molecule has 1 aliphatic heterocycles. The van der Waals surface area contributed by atoms with Crippen LogP contribution in [0.4, 0.5) is 5.00 Å². The molecule has 1 aromatic carbocycles. The number of carbonyl (C=O) groups is 3. The van der Waals surface area contributed by atoms with Gasteiger partial charge in [-0.25, -0.2) is 0 Å². The molecule has 2 aliphatic rings. The number of hydrogen-bond donors (Lipinski definition) is 2. The van der Waals surface area contributed by atoms with Crippen molar-refractivity contribution < 1.29 is 14.4 Å². The molecule has 0 spiro atoms. The average Bonchev–Trinajstić information content (AvgIpc) is 3.31. The Hall–Kier alpha value is -2.75. The number of hydrogen-bond acceptors (Lipinski definition) is 6. The van der Waals surface area contributed by atoms with Crippen LogP contribution in [0.5, 0.6) is 0 Å². The minimum atomic E-state index is -0.500. The van der Waals surface area contributed by atoms with E-state index in [0.29, 0.717) is 32.8 Å². The number of benzene rings is 1. The number of rotatable bonds is 8. The molecule has 2 aromatic rings. The summed E-state index contributed by atoms with van der Waals surface area (Å²) in [4.78, 5) is 40.5. The van der Waals surface area contributed by atoms with Crippen molar-refractivity contribution >= 4 is 68.4 Å². The first-order valence-corrected chi connectivity index (χ1v) is 13.2. The quantitative estimate of drug-likeness (QED) is 0.388. The Morgan fingerprint density at radius 1 is 1.18 bits per heavy atom. The maximum absolute atomic E-state index is 12.7. The summed E-state index contributed by atoms with van der Waals surface area (Å²) in [5, 5.41) is 3.41. The third kappa shape index (κ3) is 5.65. The number of anilines is 1. The van der Waals surface area contributed by atoms with E-state index >= 15 is 0 Å². The molecule has 34 heavy (non-hydrogen) atoms. The molecular weight excluding hydrogens is 486 g/mol. The summed E-state index contributed by atoms with van der Waals surface area (Å²) in [7, 11) is 0. The van der Waals surface area contributed by atoms with Crippen molar-refractivity contribution in [3.05, 3.63) is 69.0 Å². The van der Waals surface area contributed by atoms with Crippen LogP contribution >= 0.6 is 35.3 Å². The summed E-state index contributed by atoms with van der Waals surface area (Å²) < 4.78 is 0.492. The fourth-order valence-corrected chi connectivity index (χ4v) is 6.59. The number of nitrogens with one attached hydrogen (secondary N) is 1. The first kappa shape index (κ1) is 24.4. The van der Waals surface area contributed by atoms with Gasteiger partial charge in [0.25, 0.3) is 11.8 Å². The van der Waals surface area contributed by atoms with Gasteiger partial charge >= 0.3 is 0 Å². The third-order valence-corrected chi connectivity index (χ3v) is 8.27. The molecule has 3 amide bonds. The molecule has 2 heterocycles. The van der Waals surface area contributed by atoms with Crippen LogP contribution in [0, 0.1) is 0 Å². The standard InChI is InChI=1S/C25H25N3O3S3/c26-22(30)21-17-11-4-5-12-18(17)33-23(21)27-20(29)14-7-15-28-24(31)19(34-25(28)32)13-6-10-16-8-2-1-3-9-16/h1-3,6,8-10,13H,4-5,7,11-12,14-15H2,(H2,26,30)(H,27,29). The second-order valence-electron chi connectivity index (χ2n) is 8.06. The van der Waals surface area contributed by atoms with Gasteiger partial charge in [-0.05, 0) is 49.3 Å². The fraction of sp³-hybridized carbons (Fsp3) is 0.280. The number of thiocarbonyl (C=S) groups is 1. The molecule has 0 bridgehead atoms. The van der Waals surface area contributed by atoms with Gasteiger partial charge in [0.2, 0.25) is 5.91 Å². The Labute approximate surface area is 212 Å². The van der Waals surface area contributed by atoms with Gasteiger partial charge in [-0.15, -0.1) is 11.3 Å². The second-order valence-corrected chi connectivity index (χ2v) is 10.8. The number of allylic oxidation sites excluding steroid dienone is 2. The van der Waals surface area contributed by atoms with Crippen LogP contribution in [0.25, 0.3) is 6.08 Å². The molecule has 3 N–H and O–H groups in total. The van der Waals surface area contributed by atoms with Crippen LogP contribution < -0.4 is 11.1 Å². The largest absolute Gasteiger partial charge is 0.365 e. The van der Waals surface area contributed by atoms with Gasteiger partial charge in [0.05, 0.1) is 10.5 Å². The number of thioether (sulfide) groups is 1. The smallest absolute Gasteiger partial charge is 0.266 e. The maximum atomic E-state index is 12.7. The highest BCUT2D eigenvalue weighted by atomic mass is 32.2. The summed E-state index contributed by atoms with van der Waals surface area (Å²) >= 11 is 8.09. The van der Waals surface area contributed by atoms with Gasteiger partial charge in [0.15, 0.2) is 0 Å². The maximum Gasteiger partial charge on any atom is 0.266 e. The molecule has 1 aromatic heterocycles. The van der Waals surface area contributed by atoms with E-state index < -0.39 is 5.91 Å². The van der Waals surface area contributed by atoms with Gasteiger partial charge in [-0.3, -0.25) is 19.3 Å². The van der Waals surface area contributed by atoms with Gasteiger partial charge < -0.3 is 11.1 Å². The fourth-order valence-electron chi connectivity index (χ4n) is 4.02. The van der Waals surface area contributed by atoms with Crippen LogP contribution in [0.2, 0.25) is 0 Å².